The quantitative estimate of drug-likeness (QED) is 0.274. The maximum Gasteiger partial charge on any atom is 0.213 e. The molecule has 4 rings (SSSR count). The summed E-state index contributed by atoms with van der Waals surface area (Å²) in [6.07, 6.45) is 5.05. The van der Waals surface area contributed by atoms with Gasteiger partial charge in [-0.1, -0.05) is 75.7 Å². The molecule has 1 unspecified atom stereocenters. The highest BCUT2D eigenvalue weighted by molar-refractivity contribution is 7.62. The third-order valence-electron chi connectivity index (χ3n) is 7.61. The molecule has 0 bridgehead atoms. The first-order valence-electron chi connectivity index (χ1n) is 13.2. The van der Waals surface area contributed by atoms with Gasteiger partial charge in [0, 0.05) is 18.4 Å². The molecule has 0 aliphatic heterocycles. The molecule has 0 N–H and O–H groups in total. The van der Waals surface area contributed by atoms with Crippen LogP contribution in [0.1, 0.15) is 74.6 Å². The first-order chi connectivity index (χ1) is 16.9. The van der Waals surface area contributed by atoms with E-state index in [1.807, 2.05) is 19.5 Å². The second-order valence-electron chi connectivity index (χ2n) is 12.3. The SMILES string of the molecule is Cc1cccc(-c2ccc(COc3cc([C@@H](CP(C)(C)=O)C4CC4)ccn3)cc2C(C)C(C)(C)C)c1. The van der Waals surface area contributed by atoms with E-state index in [9.17, 15) is 4.57 Å². The molecule has 36 heavy (non-hydrogen) atoms. The van der Waals surface area contributed by atoms with Crippen LogP contribution in [0.5, 0.6) is 5.88 Å². The fourth-order valence-corrected chi connectivity index (χ4v) is 6.45. The fourth-order valence-electron chi connectivity index (χ4n) is 4.99. The number of benzene rings is 2. The summed E-state index contributed by atoms with van der Waals surface area (Å²) >= 11 is 0. The Hall–Kier alpha value is -2.38. The number of aromatic nitrogens is 1. The number of rotatable bonds is 9. The number of ether oxygens (including phenoxy) is 1. The largest absolute Gasteiger partial charge is 0.473 e. The molecule has 2 atom stereocenters. The Morgan fingerprint density at radius 3 is 2.44 bits per heavy atom. The van der Waals surface area contributed by atoms with Crippen molar-refractivity contribution in [2.45, 2.75) is 65.9 Å². The molecule has 3 nitrogen and oxygen atoms in total. The van der Waals surface area contributed by atoms with E-state index in [0.29, 0.717) is 30.2 Å². The zero-order valence-corrected chi connectivity index (χ0v) is 23.9. The minimum atomic E-state index is -2.10. The van der Waals surface area contributed by atoms with E-state index >= 15 is 0 Å². The molecular formula is C32H42NO2P. The van der Waals surface area contributed by atoms with Crippen LogP contribution in [0.2, 0.25) is 0 Å². The number of hydrogen-bond donors (Lipinski definition) is 0. The first kappa shape index (κ1) is 26.7. The standard InChI is InChI=1S/C32H42NO2P/c1-22-9-8-10-26(17-22)28-14-11-24(18-29(28)23(2)32(3,4)5)20-35-31-19-27(15-16-33-31)30(25-12-13-25)21-36(6,7)34/h8-11,14-19,23,25,30H,12-13,20-21H2,1-7H3/t23?,30-/m0/s1. The van der Waals surface area contributed by atoms with Crippen molar-refractivity contribution in [3.05, 3.63) is 83.0 Å². The topological polar surface area (TPSA) is 39.2 Å². The van der Waals surface area contributed by atoms with E-state index in [4.69, 9.17) is 4.74 Å². The highest BCUT2D eigenvalue weighted by Gasteiger charge is 2.35. The van der Waals surface area contributed by atoms with Gasteiger partial charge in [-0.05, 0) is 90.1 Å². The van der Waals surface area contributed by atoms with Crippen molar-refractivity contribution in [3.63, 3.8) is 0 Å². The second kappa shape index (κ2) is 10.5. The van der Waals surface area contributed by atoms with Crippen LogP contribution in [0.4, 0.5) is 0 Å². The molecule has 2 aromatic carbocycles. The van der Waals surface area contributed by atoms with E-state index in [2.05, 4.69) is 94.2 Å². The Labute approximate surface area is 218 Å². The summed E-state index contributed by atoms with van der Waals surface area (Å²) in [6, 6.07) is 19.6. The Morgan fingerprint density at radius 1 is 1.06 bits per heavy atom. The molecule has 1 saturated carbocycles. The van der Waals surface area contributed by atoms with Crippen LogP contribution < -0.4 is 4.74 Å². The van der Waals surface area contributed by atoms with E-state index in [0.717, 1.165) is 11.7 Å². The Kier molecular flexibility index (Phi) is 7.81. The lowest BCUT2D eigenvalue weighted by molar-refractivity contribution is 0.292. The first-order valence-corrected chi connectivity index (χ1v) is 16.0. The molecule has 0 radical (unpaired) electrons. The molecule has 1 aliphatic rings. The van der Waals surface area contributed by atoms with Gasteiger partial charge < -0.3 is 9.30 Å². The predicted octanol–water partition coefficient (Wildman–Crippen LogP) is 8.90. The predicted molar refractivity (Wildman–Crippen MR) is 153 cm³/mol. The summed E-state index contributed by atoms with van der Waals surface area (Å²) in [5, 5.41) is 0. The number of nitrogens with zero attached hydrogens (tertiary/aromatic N) is 1. The summed E-state index contributed by atoms with van der Waals surface area (Å²) in [6.45, 7) is 15.7. The molecule has 1 fully saturated rings. The maximum absolute atomic E-state index is 12.6. The Bertz CT molecular complexity index is 1250. The molecular weight excluding hydrogens is 461 g/mol. The van der Waals surface area contributed by atoms with Gasteiger partial charge in [0.15, 0.2) is 0 Å². The molecule has 0 amide bonds. The lowest BCUT2D eigenvalue weighted by Crippen LogP contribution is -2.16. The van der Waals surface area contributed by atoms with Crippen molar-refractivity contribution in [3.8, 4) is 17.0 Å². The lowest BCUT2D eigenvalue weighted by atomic mass is 9.75. The highest BCUT2D eigenvalue weighted by atomic mass is 31.2. The van der Waals surface area contributed by atoms with Gasteiger partial charge in [-0.3, -0.25) is 0 Å². The molecule has 192 valence electrons. The third-order valence-corrected chi connectivity index (χ3v) is 8.88. The Morgan fingerprint density at radius 2 is 1.81 bits per heavy atom. The summed E-state index contributed by atoms with van der Waals surface area (Å²) in [4.78, 5) is 4.49. The minimum absolute atomic E-state index is 0.143. The Balaban J connectivity index is 1.58. The van der Waals surface area contributed by atoms with Gasteiger partial charge in [-0.2, -0.15) is 0 Å². The smallest absolute Gasteiger partial charge is 0.213 e. The van der Waals surface area contributed by atoms with Crippen LogP contribution in [0.3, 0.4) is 0 Å². The van der Waals surface area contributed by atoms with Crippen molar-refractivity contribution in [2.24, 2.45) is 11.3 Å². The van der Waals surface area contributed by atoms with Crippen LogP contribution in [0.25, 0.3) is 11.1 Å². The van der Waals surface area contributed by atoms with Crippen molar-refractivity contribution >= 4 is 7.14 Å². The molecule has 1 heterocycles. The summed E-state index contributed by atoms with van der Waals surface area (Å²) in [5.74, 6) is 2.01. The van der Waals surface area contributed by atoms with Crippen LogP contribution in [0, 0.1) is 18.3 Å². The fraction of sp³-hybridized carbons (Fsp3) is 0.469. The van der Waals surface area contributed by atoms with Gasteiger partial charge in [0.25, 0.3) is 0 Å². The van der Waals surface area contributed by atoms with Crippen LogP contribution in [-0.2, 0) is 11.2 Å². The lowest BCUT2D eigenvalue weighted by Gasteiger charge is -2.30. The zero-order chi connectivity index (χ0) is 26.1. The summed E-state index contributed by atoms with van der Waals surface area (Å²) in [5.41, 5.74) is 7.68. The van der Waals surface area contributed by atoms with Gasteiger partial charge >= 0.3 is 0 Å². The van der Waals surface area contributed by atoms with E-state index in [-0.39, 0.29) is 5.41 Å². The molecule has 0 spiro atoms. The maximum atomic E-state index is 12.6. The second-order valence-corrected chi connectivity index (χ2v) is 15.8. The van der Waals surface area contributed by atoms with Crippen molar-refractivity contribution < 1.29 is 9.30 Å². The van der Waals surface area contributed by atoms with E-state index in [1.165, 1.54) is 40.7 Å². The van der Waals surface area contributed by atoms with Crippen molar-refractivity contribution in [1.29, 1.82) is 0 Å². The summed E-state index contributed by atoms with van der Waals surface area (Å²) in [7, 11) is -2.10. The average Bonchev–Trinajstić information content (AvgIpc) is 3.65. The number of pyridine rings is 1. The average molecular weight is 504 g/mol. The minimum Gasteiger partial charge on any atom is -0.473 e. The summed E-state index contributed by atoms with van der Waals surface area (Å²) < 4.78 is 18.8. The number of aryl methyl sites for hydroxylation is 1. The van der Waals surface area contributed by atoms with Gasteiger partial charge in [-0.25, -0.2) is 4.98 Å². The van der Waals surface area contributed by atoms with Crippen molar-refractivity contribution in [1.82, 2.24) is 4.98 Å². The number of hydrogen-bond acceptors (Lipinski definition) is 3. The van der Waals surface area contributed by atoms with Gasteiger partial charge in [0.05, 0.1) is 7.14 Å². The molecule has 4 heteroatoms. The van der Waals surface area contributed by atoms with Gasteiger partial charge in [-0.15, -0.1) is 0 Å². The molecule has 3 aromatic rings. The third kappa shape index (κ3) is 6.88. The van der Waals surface area contributed by atoms with Crippen molar-refractivity contribution in [2.75, 3.05) is 19.5 Å². The van der Waals surface area contributed by atoms with E-state index in [1.54, 1.807) is 0 Å². The monoisotopic (exact) mass is 503 g/mol. The van der Waals surface area contributed by atoms with Crippen LogP contribution in [-0.4, -0.2) is 24.5 Å². The van der Waals surface area contributed by atoms with E-state index < -0.39 is 7.14 Å². The molecule has 0 saturated heterocycles. The zero-order valence-electron chi connectivity index (χ0n) is 23.0. The molecule has 1 aliphatic carbocycles. The van der Waals surface area contributed by atoms with Gasteiger partial charge in [0.2, 0.25) is 5.88 Å². The van der Waals surface area contributed by atoms with Crippen LogP contribution in [0.15, 0.2) is 60.8 Å². The highest BCUT2D eigenvalue weighted by Crippen LogP contribution is 2.51. The normalized spacial score (nSPS) is 16.0. The van der Waals surface area contributed by atoms with Crippen LogP contribution >= 0.6 is 7.14 Å². The van der Waals surface area contributed by atoms with Gasteiger partial charge in [0.1, 0.15) is 6.61 Å². The molecule has 1 aromatic heterocycles.